The lowest BCUT2D eigenvalue weighted by molar-refractivity contribution is 0.668. The van der Waals surface area contributed by atoms with Gasteiger partial charge in [0.1, 0.15) is 0 Å². The summed E-state index contributed by atoms with van der Waals surface area (Å²) in [4.78, 5) is 15.9. The predicted octanol–water partition coefficient (Wildman–Crippen LogP) is 1.80. The van der Waals surface area contributed by atoms with E-state index in [-0.39, 0.29) is 5.56 Å². The zero-order valence-corrected chi connectivity index (χ0v) is 10.2. The summed E-state index contributed by atoms with van der Waals surface area (Å²) in [6.07, 6.45) is 0. The van der Waals surface area contributed by atoms with E-state index in [1.165, 1.54) is 0 Å². The molecule has 1 aromatic heterocycles. The van der Waals surface area contributed by atoms with E-state index in [1.54, 1.807) is 11.8 Å². The minimum Gasteiger partial charge on any atom is -0.319 e. The van der Waals surface area contributed by atoms with Gasteiger partial charge in [0.2, 0.25) is 0 Å². The largest absolute Gasteiger partial charge is 0.319 e. The van der Waals surface area contributed by atoms with E-state index in [0.717, 1.165) is 23.0 Å². The van der Waals surface area contributed by atoms with Crippen LogP contribution in [0.25, 0.3) is 10.9 Å². The molecule has 1 aliphatic rings. The van der Waals surface area contributed by atoms with Crippen LogP contribution in [0.2, 0.25) is 0 Å². The van der Waals surface area contributed by atoms with Crippen LogP contribution in [0.3, 0.4) is 0 Å². The summed E-state index contributed by atoms with van der Waals surface area (Å²) >= 11 is 5.94. The van der Waals surface area contributed by atoms with Crippen LogP contribution in [0.4, 0.5) is 0 Å². The summed E-state index contributed by atoms with van der Waals surface area (Å²) in [5.41, 5.74) is 0.850. The van der Waals surface area contributed by atoms with E-state index < -0.39 is 0 Å². The maximum absolute atomic E-state index is 11.8. The predicted molar refractivity (Wildman–Crippen MR) is 69.5 cm³/mol. The number of thiol groups is 1. The fraction of sp³-hybridized carbons (Fsp3) is 0.273. The van der Waals surface area contributed by atoms with Crippen molar-refractivity contribution in [2.24, 2.45) is 0 Å². The molecule has 2 heterocycles. The Hall–Kier alpha value is -0.940. The molecule has 1 atom stereocenters. The quantitative estimate of drug-likeness (QED) is 0.619. The second kappa shape index (κ2) is 3.82. The Morgan fingerprint density at radius 2 is 2.31 bits per heavy atom. The Labute approximate surface area is 102 Å². The van der Waals surface area contributed by atoms with Gasteiger partial charge in [0.25, 0.3) is 5.56 Å². The monoisotopic (exact) mass is 250 g/mol. The standard InChI is InChI=1S/C11H10N2OS2/c14-10-8-3-1-2-4-9(8)13-5-7(6-15)16-11(13)12-10/h1-4,7,15H,5-6H2/t7-/m1/s1. The van der Waals surface area contributed by atoms with E-state index in [9.17, 15) is 4.79 Å². The maximum atomic E-state index is 11.8. The molecule has 0 spiro atoms. The van der Waals surface area contributed by atoms with Crippen molar-refractivity contribution in [3.63, 3.8) is 0 Å². The van der Waals surface area contributed by atoms with Crippen molar-refractivity contribution in [3.8, 4) is 0 Å². The molecule has 3 nitrogen and oxygen atoms in total. The topological polar surface area (TPSA) is 34.9 Å². The minimum atomic E-state index is -0.130. The van der Waals surface area contributed by atoms with Gasteiger partial charge in [-0.15, -0.1) is 0 Å². The third-order valence-electron chi connectivity index (χ3n) is 2.72. The molecule has 0 saturated carbocycles. The minimum absolute atomic E-state index is 0.130. The number of nitrogens with zero attached hydrogens (tertiary/aromatic N) is 2. The van der Waals surface area contributed by atoms with Gasteiger partial charge in [-0.2, -0.15) is 17.6 Å². The number of fused-ring (bicyclic) bond motifs is 3. The number of hydrogen-bond donors (Lipinski definition) is 1. The van der Waals surface area contributed by atoms with E-state index in [0.29, 0.717) is 10.6 Å². The lowest BCUT2D eigenvalue weighted by Gasteiger charge is -2.06. The van der Waals surface area contributed by atoms with Gasteiger partial charge in [0.05, 0.1) is 10.9 Å². The summed E-state index contributed by atoms with van der Waals surface area (Å²) in [5.74, 6) is 0.802. The second-order valence-electron chi connectivity index (χ2n) is 3.75. The molecule has 0 saturated heterocycles. The average molecular weight is 250 g/mol. The van der Waals surface area contributed by atoms with Crippen LogP contribution >= 0.6 is 24.4 Å². The van der Waals surface area contributed by atoms with E-state index >= 15 is 0 Å². The zero-order valence-electron chi connectivity index (χ0n) is 8.46. The summed E-state index contributed by atoms with van der Waals surface area (Å²) < 4.78 is 2.11. The van der Waals surface area contributed by atoms with Gasteiger partial charge in [-0.25, -0.2) is 0 Å². The van der Waals surface area contributed by atoms with Gasteiger partial charge in [-0.1, -0.05) is 23.9 Å². The molecule has 0 bridgehead atoms. The SMILES string of the molecule is O=c1nc2n(c3ccccc13)C[C@H](CS)S2. The van der Waals surface area contributed by atoms with Gasteiger partial charge in [0.15, 0.2) is 5.16 Å². The van der Waals surface area contributed by atoms with Gasteiger partial charge in [0, 0.05) is 17.5 Å². The highest BCUT2D eigenvalue weighted by Gasteiger charge is 2.23. The first-order chi connectivity index (χ1) is 7.79. The maximum Gasteiger partial charge on any atom is 0.281 e. The molecule has 16 heavy (non-hydrogen) atoms. The molecule has 0 radical (unpaired) electrons. The summed E-state index contributed by atoms with van der Waals surface area (Å²) in [6.45, 7) is 0.886. The summed E-state index contributed by atoms with van der Waals surface area (Å²) in [6, 6.07) is 7.63. The molecule has 2 aromatic rings. The normalized spacial score (nSPS) is 18.9. The Kier molecular flexibility index (Phi) is 2.44. The smallest absolute Gasteiger partial charge is 0.281 e. The van der Waals surface area contributed by atoms with Gasteiger partial charge >= 0.3 is 0 Å². The van der Waals surface area contributed by atoms with Crippen LogP contribution in [0, 0.1) is 0 Å². The number of rotatable bonds is 1. The third kappa shape index (κ3) is 1.46. The van der Waals surface area contributed by atoms with Crippen molar-refractivity contribution in [2.45, 2.75) is 17.0 Å². The van der Waals surface area contributed by atoms with Crippen LogP contribution < -0.4 is 5.56 Å². The first-order valence-electron chi connectivity index (χ1n) is 5.06. The van der Waals surface area contributed by atoms with Crippen molar-refractivity contribution >= 4 is 35.3 Å². The number of benzene rings is 1. The molecule has 0 unspecified atom stereocenters. The second-order valence-corrected chi connectivity index (χ2v) is 5.38. The van der Waals surface area contributed by atoms with Crippen LogP contribution in [0.5, 0.6) is 0 Å². The molecule has 5 heteroatoms. The highest BCUT2D eigenvalue weighted by Crippen LogP contribution is 2.32. The number of aromatic nitrogens is 2. The van der Waals surface area contributed by atoms with E-state index in [4.69, 9.17) is 0 Å². The van der Waals surface area contributed by atoms with Crippen molar-refractivity contribution in [3.05, 3.63) is 34.6 Å². The molecule has 82 valence electrons. The van der Waals surface area contributed by atoms with Crippen LogP contribution in [0.15, 0.2) is 34.2 Å². The fourth-order valence-corrected chi connectivity index (χ4v) is 3.32. The van der Waals surface area contributed by atoms with Crippen LogP contribution in [0.1, 0.15) is 0 Å². The number of para-hydroxylation sites is 1. The van der Waals surface area contributed by atoms with E-state index in [1.807, 2.05) is 24.3 Å². The molecule has 1 aromatic carbocycles. The Balaban J connectivity index is 2.30. The van der Waals surface area contributed by atoms with Crippen molar-refractivity contribution in [1.82, 2.24) is 9.55 Å². The lowest BCUT2D eigenvalue weighted by Crippen LogP contribution is -2.13. The lowest BCUT2D eigenvalue weighted by atomic mass is 10.2. The molecule has 0 amide bonds. The molecular formula is C11H10N2OS2. The molecular weight excluding hydrogens is 240 g/mol. The molecule has 0 aliphatic carbocycles. The molecule has 0 N–H and O–H groups in total. The van der Waals surface area contributed by atoms with Crippen molar-refractivity contribution in [2.75, 3.05) is 5.75 Å². The van der Waals surface area contributed by atoms with E-state index in [2.05, 4.69) is 22.2 Å². The molecule has 3 rings (SSSR count). The highest BCUT2D eigenvalue weighted by molar-refractivity contribution is 8.00. The Morgan fingerprint density at radius 1 is 1.50 bits per heavy atom. The molecule has 0 fully saturated rings. The van der Waals surface area contributed by atoms with Gasteiger partial charge in [-0.3, -0.25) is 4.79 Å². The third-order valence-corrected chi connectivity index (χ3v) is 4.57. The van der Waals surface area contributed by atoms with Crippen LogP contribution in [-0.4, -0.2) is 20.6 Å². The Morgan fingerprint density at radius 3 is 3.12 bits per heavy atom. The Bertz CT molecular complexity index is 608. The number of thioether (sulfide) groups is 1. The first kappa shape index (κ1) is 10.2. The van der Waals surface area contributed by atoms with Crippen molar-refractivity contribution < 1.29 is 0 Å². The fourth-order valence-electron chi connectivity index (χ4n) is 1.95. The average Bonchev–Trinajstić information content (AvgIpc) is 2.72. The first-order valence-corrected chi connectivity index (χ1v) is 6.58. The van der Waals surface area contributed by atoms with Gasteiger partial charge in [-0.05, 0) is 12.1 Å². The summed E-state index contributed by atoms with van der Waals surface area (Å²) in [5, 5.41) is 1.94. The highest BCUT2D eigenvalue weighted by atomic mass is 32.2. The zero-order chi connectivity index (χ0) is 11.1. The number of hydrogen-bond acceptors (Lipinski definition) is 4. The molecule has 1 aliphatic heterocycles. The van der Waals surface area contributed by atoms with Crippen molar-refractivity contribution in [1.29, 1.82) is 0 Å². The van der Waals surface area contributed by atoms with Crippen LogP contribution in [-0.2, 0) is 6.54 Å². The van der Waals surface area contributed by atoms with Gasteiger partial charge < -0.3 is 4.57 Å². The summed E-state index contributed by atoms with van der Waals surface area (Å²) in [7, 11) is 0.